The summed E-state index contributed by atoms with van der Waals surface area (Å²) in [6.45, 7) is 8.66. The Bertz CT molecular complexity index is 257. The summed E-state index contributed by atoms with van der Waals surface area (Å²) in [6.07, 6.45) is 8.85. The van der Waals surface area contributed by atoms with Crippen LogP contribution in [-0.4, -0.2) is 11.3 Å². The average molecular weight is 209 g/mol. The van der Waals surface area contributed by atoms with Gasteiger partial charge in [-0.05, 0) is 38.3 Å². The van der Waals surface area contributed by atoms with Crippen LogP contribution in [0.3, 0.4) is 0 Å². The summed E-state index contributed by atoms with van der Waals surface area (Å²) >= 11 is 0. The van der Waals surface area contributed by atoms with Crippen molar-refractivity contribution in [1.82, 2.24) is 0 Å². The maximum atomic E-state index is 5.60. The molecule has 86 valence electrons. The van der Waals surface area contributed by atoms with E-state index in [2.05, 4.69) is 45.0 Å². The van der Waals surface area contributed by atoms with Gasteiger partial charge in [0.2, 0.25) is 0 Å². The van der Waals surface area contributed by atoms with E-state index in [1.807, 2.05) is 0 Å². The van der Waals surface area contributed by atoms with Gasteiger partial charge in [0.25, 0.3) is 0 Å². The minimum atomic E-state index is -0.174. The minimum absolute atomic E-state index is 0.174. The molecule has 1 heterocycles. The molecule has 0 N–H and O–H groups in total. The van der Waals surface area contributed by atoms with Gasteiger partial charge in [0.15, 0.2) is 5.60 Å². The van der Waals surface area contributed by atoms with Gasteiger partial charge >= 0.3 is 0 Å². The summed E-state index contributed by atoms with van der Waals surface area (Å²) in [5.41, 5.74) is 0.902. The zero-order valence-electron chi connectivity index (χ0n) is 10.4. The monoisotopic (exact) mass is 209 g/mol. The van der Waals surface area contributed by atoms with E-state index in [9.17, 15) is 0 Å². The lowest BCUT2D eigenvalue weighted by molar-refractivity contribution is -0.00196. The predicted molar refractivity (Wildman–Crippen MR) is 65.0 cm³/mol. The SMILES string of the molecule is CCCCC1(C)C=CC(C(C)CC)=NO1. The van der Waals surface area contributed by atoms with Gasteiger partial charge in [-0.15, -0.1) is 0 Å². The van der Waals surface area contributed by atoms with E-state index in [1.165, 1.54) is 12.8 Å². The molecule has 0 aliphatic carbocycles. The molecule has 15 heavy (non-hydrogen) atoms. The molecule has 0 amide bonds. The summed E-state index contributed by atoms with van der Waals surface area (Å²) in [6, 6.07) is 0. The van der Waals surface area contributed by atoms with Crippen LogP contribution in [0, 0.1) is 5.92 Å². The molecule has 2 unspecified atom stereocenters. The molecule has 2 nitrogen and oxygen atoms in total. The summed E-state index contributed by atoms with van der Waals surface area (Å²) < 4.78 is 0. The summed E-state index contributed by atoms with van der Waals surface area (Å²) in [4.78, 5) is 5.60. The molecular formula is C13H23NO. The van der Waals surface area contributed by atoms with Crippen molar-refractivity contribution in [2.45, 2.75) is 59.0 Å². The van der Waals surface area contributed by atoms with Crippen LogP contribution < -0.4 is 0 Å². The highest BCUT2D eigenvalue weighted by Gasteiger charge is 2.26. The van der Waals surface area contributed by atoms with Crippen molar-refractivity contribution in [2.75, 3.05) is 0 Å². The molecule has 1 rings (SSSR count). The third-order valence-electron chi connectivity index (χ3n) is 3.11. The van der Waals surface area contributed by atoms with Crippen molar-refractivity contribution in [3.05, 3.63) is 12.2 Å². The van der Waals surface area contributed by atoms with Crippen LogP contribution in [0.2, 0.25) is 0 Å². The lowest BCUT2D eigenvalue weighted by Gasteiger charge is -2.27. The first-order valence-electron chi connectivity index (χ1n) is 6.06. The molecular weight excluding hydrogens is 186 g/mol. The van der Waals surface area contributed by atoms with Crippen molar-refractivity contribution in [2.24, 2.45) is 11.1 Å². The van der Waals surface area contributed by atoms with Crippen LogP contribution in [-0.2, 0) is 4.84 Å². The molecule has 0 aromatic rings. The zero-order chi connectivity index (χ0) is 11.3. The standard InChI is InChI=1S/C13H23NO/c1-5-7-9-13(4)10-8-12(14-15-13)11(3)6-2/h8,10-11H,5-7,9H2,1-4H3. The van der Waals surface area contributed by atoms with E-state index < -0.39 is 0 Å². The van der Waals surface area contributed by atoms with Crippen molar-refractivity contribution in [3.8, 4) is 0 Å². The zero-order valence-corrected chi connectivity index (χ0v) is 10.4. The fraction of sp³-hybridized carbons (Fsp3) is 0.769. The van der Waals surface area contributed by atoms with Crippen molar-refractivity contribution < 1.29 is 4.84 Å². The van der Waals surface area contributed by atoms with E-state index in [4.69, 9.17) is 4.84 Å². The topological polar surface area (TPSA) is 21.6 Å². The fourth-order valence-corrected chi connectivity index (χ4v) is 1.60. The summed E-state index contributed by atoms with van der Waals surface area (Å²) in [5.74, 6) is 0.497. The summed E-state index contributed by atoms with van der Waals surface area (Å²) in [5, 5.41) is 4.24. The highest BCUT2D eigenvalue weighted by Crippen LogP contribution is 2.25. The molecule has 0 aromatic heterocycles. The second kappa shape index (κ2) is 5.34. The van der Waals surface area contributed by atoms with E-state index in [1.54, 1.807) is 0 Å². The molecule has 0 fully saturated rings. The highest BCUT2D eigenvalue weighted by molar-refractivity contribution is 5.96. The van der Waals surface area contributed by atoms with Gasteiger partial charge in [-0.3, -0.25) is 0 Å². The first-order chi connectivity index (χ1) is 7.11. The maximum Gasteiger partial charge on any atom is 0.153 e. The van der Waals surface area contributed by atoms with Crippen LogP contribution in [0.1, 0.15) is 53.4 Å². The van der Waals surface area contributed by atoms with E-state index in [-0.39, 0.29) is 5.60 Å². The van der Waals surface area contributed by atoms with Crippen molar-refractivity contribution in [3.63, 3.8) is 0 Å². The van der Waals surface area contributed by atoms with Crippen molar-refractivity contribution in [1.29, 1.82) is 0 Å². The van der Waals surface area contributed by atoms with Crippen LogP contribution in [0.5, 0.6) is 0 Å². The first kappa shape index (κ1) is 12.3. The van der Waals surface area contributed by atoms with Gasteiger partial charge in [-0.1, -0.05) is 32.3 Å². The number of hydrogen-bond acceptors (Lipinski definition) is 2. The predicted octanol–water partition coefficient (Wildman–Crippen LogP) is 3.92. The molecule has 0 saturated heterocycles. The normalized spacial score (nSPS) is 27.1. The lowest BCUT2D eigenvalue weighted by Crippen LogP contribution is -2.28. The smallest absolute Gasteiger partial charge is 0.153 e. The molecule has 1 aliphatic heterocycles. The molecule has 0 bridgehead atoms. The van der Waals surface area contributed by atoms with Crippen LogP contribution in [0.4, 0.5) is 0 Å². The van der Waals surface area contributed by atoms with Gasteiger partial charge in [0.1, 0.15) is 0 Å². The average Bonchev–Trinajstić information content (AvgIpc) is 2.26. The molecule has 2 heteroatoms. The second-order valence-corrected chi connectivity index (χ2v) is 4.67. The number of allylic oxidation sites excluding steroid dienone is 1. The minimum Gasteiger partial charge on any atom is -0.385 e. The fourth-order valence-electron chi connectivity index (χ4n) is 1.60. The molecule has 2 atom stereocenters. The van der Waals surface area contributed by atoms with Gasteiger partial charge in [-0.2, -0.15) is 0 Å². The molecule has 0 spiro atoms. The Morgan fingerprint density at radius 3 is 2.67 bits per heavy atom. The Labute approximate surface area is 93.4 Å². The van der Waals surface area contributed by atoms with Crippen LogP contribution >= 0.6 is 0 Å². The van der Waals surface area contributed by atoms with E-state index in [0.717, 1.165) is 18.6 Å². The van der Waals surface area contributed by atoms with Crippen molar-refractivity contribution >= 4 is 5.71 Å². The van der Waals surface area contributed by atoms with E-state index >= 15 is 0 Å². The largest absolute Gasteiger partial charge is 0.385 e. The molecule has 0 radical (unpaired) electrons. The van der Waals surface area contributed by atoms with Gasteiger partial charge in [-0.25, -0.2) is 0 Å². The maximum absolute atomic E-state index is 5.60. The van der Waals surface area contributed by atoms with Crippen LogP contribution in [0.15, 0.2) is 17.3 Å². The number of oxime groups is 1. The van der Waals surface area contributed by atoms with Crippen LogP contribution in [0.25, 0.3) is 0 Å². The third-order valence-corrected chi connectivity index (χ3v) is 3.11. The number of unbranched alkanes of at least 4 members (excludes halogenated alkanes) is 1. The Morgan fingerprint density at radius 1 is 1.47 bits per heavy atom. The lowest BCUT2D eigenvalue weighted by atomic mass is 9.94. The number of nitrogens with zero attached hydrogens (tertiary/aromatic N) is 1. The Balaban J connectivity index is 2.54. The summed E-state index contributed by atoms with van der Waals surface area (Å²) in [7, 11) is 0. The quantitative estimate of drug-likeness (QED) is 0.672. The Hall–Kier alpha value is -0.790. The highest BCUT2D eigenvalue weighted by atomic mass is 16.6. The number of rotatable bonds is 5. The Kier molecular flexibility index (Phi) is 4.37. The second-order valence-electron chi connectivity index (χ2n) is 4.67. The number of hydrogen-bond donors (Lipinski definition) is 0. The van der Waals surface area contributed by atoms with Gasteiger partial charge in [0, 0.05) is 5.92 Å². The Morgan fingerprint density at radius 2 is 2.20 bits per heavy atom. The molecule has 0 aromatic carbocycles. The first-order valence-corrected chi connectivity index (χ1v) is 6.06. The third kappa shape index (κ3) is 3.37. The molecule has 1 aliphatic rings. The van der Waals surface area contributed by atoms with Gasteiger partial charge < -0.3 is 4.84 Å². The van der Waals surface area contributed by atoms with E-state index in [0.29, 0.717) is 5.92 Å². The molecule has 0 saturated carbocycles. The van der Waals surface area contributed by atoms with Gasteiger partial charge in [0.05, 0.1) is 5.71 Å².